The Labute approximate surface area is 266 Å². The molecule has 44 heavy (non-hydrogen) atoms. The molecule has 1 amide bonds. The van der Waals surface area contributed by atoms with Gasteiger partial charge in [0.2, 0.25) is 5.91 Å². The number of anilines is 2. The molecule has 1 aliphatic rings. The SMILES string of the molecule is CCOC(=O)c1nc(N(C)c2cc(C)c(N=c3sc4ccccc4n3COCC[Si](C)(C)C)nn2)sc1C1CN(C(C)=O)C1. The fourth-order valence-electron chi connectivity index (χ4n) is 4.68. The van der Waals surface area contributed by atoms with Crippen molar-refractivity contribution in [2.45, 2.75) is 59.1 Å². The van der Waals surface area contributed by atoms with E-state index in [-0.39, 0.29) is 18.4 Å². The van der Waals surface area contributed by atoms with Crippen molar-refractivity contribution in [1.29, 1.82) is 0 Å². The van der Waals surface area contributed by atoms with Gasteiger partial charge in [-0.1, -0.05) is 43.1 Å². The summed E-state index contributed by atoms with van der Waals surface area (Å²) in [6, 6.07) is 11.2. The first-order chi connectivity index (χ1) is 20.9. The van der Waals surface area contributed by atoms with Crippen LogP contribution in [0.2, 0.25) is 25.7 Å². The van der Waals surface area contributed by atoms with E-state index in [0.717, 1.165) is 38.1 Å². The number of aryl methyl sites for hydroxylation is 1. The molecule has 234 valence electrons. The van der Waals surface area contributed by atoms with Gasteiger partial charge < -0.3 is 19.3 Å². The van der Waals surface area contributed by atoms with Gasteiger partial charge in [-0.3, -0.25) is 9.36 Å². The first-order valence-corrected chi connectivity index (χ1v) is 20.0. The lowest BCUT2D eigenvalue weighted by molar-refractivity contribution is -0.133. The Morgan fingerprint density at radius 3 is 2.59 bits per heavy atom. The van der Waals surface area contributed by atoms with E-state index in [4.69, 9.17) is 14.5 Å². The summed E-state index contributed by atoms with van der Waals surface area (Å²) in [6.07, 6.45) is 0. The van der Waals surface area contributed by atoms with Crippen molar-refractivity contribution in [3.05, 3.63) is 51.3 Å². The van der Waals surface area contributed by atoms with Gasteiger partial charge in [-0.2, -0.15) is 4.99 Å². The molecular weight excluding hydrogens is 615 g/mol. The highest BCUT2D eigenvalue weighted by molar-refractivity contribution is 7.16. The van der Waals surface area contributed by atoms with Crippen LogP contribution in [0.5, 0.6) is 0 Å². The van der Waals surface area contributed by atoms with Crippen molar-refractivity contribution in [2.24, 2.45) is 4.99 Å². The van der Waals surface area contributed by atoms with Crippen LogP contribution in [0.25, 0.3) is 10.2 Å². The number of ether oxygens (including phenoxy) is 2. The molecule has 5 rings (SSSR count). The van der Waals surface area contributed by atoms with Crippen molar-refractivity contribution >= 4 is 69.6 Å². The molecule has 4 aromatic rings. The largest absolute Gasteiger partial charge is 0.461 e. The number of esters is 1. The molecule has 0 atom stereocenters. The monoisotopic (exact) mass is 653 g/mol. The van der Waals surface area contributed by atoms with Gasteiger partial charge >= 0.3 is 5.97 Å². The summed E-state index contributed by atoms with van der Waals surface area (Å²) in [7, 11) is 0.650. The number of benzene rings is 1. The molecule has 4 heterocycles. The van der Waals surface area contributed by atoms with E-state index in [1.807, 2.05) is 37.1 Å². The van der Waals surface area contributed by atoms with Gasteiger partial charge in [-0.15, -0.1) is 21.5 Å². The minimum absolute atomic E-state index is 0.0211. The van der Waals surface area contributed by atoms with Gasteiger partial charge in [-0.25, -0.2) is 9.78 Å². The molecular formula is C30H39N7O4S2Si. The van der Waals surface area contributed by atoms with Crippen molar-refractivity contribution in [3.8, 4) is 0 Å². The molecule has 1 aliphatic heterocycles. The number of aromatic nitrogens is 4. The summed E-state index contributed by atoms with van der Waals surface area (Å²) in [6.45, 7) is 14.8. The van der Waals surface area contributed by atoms with Gasteiger partial charge in [0.1, 0.15) is 6.73 Å². The van der Waals surface area contributed by atoms with Crippen LogP contribution < -0.4 is 9.70 Å². The average Bonchev–Trinajstić information content (AvgIpc) is 3.52. The van der Waals surface area contributed by atoms with Gasteiger partial charge in [0.05, 0.1) is 16.8 Å². The minimum atomic E-state index is -1.20. The highest BCUT2D eigenvalue weighted by Gasteiger charge is 2.36. The second-order valence-electron chi connectivity index (χ2n) is 12.1. The Morgan fingerprint density at radius 1 is 1.16 bits per heavy atom. The topological polar surface area (TPSA) is 115 Å². The number of amides is 1. The zero-order valence-electron chi connectivity index (χ0n) is 26.3. The van der Waals surface area contributed by atoms with Crippen LogP contribution >= 0.6 is 22.7 Å². The summed E-state index contributed by atoms with van der Waals surface area (Å²) in [4.78, 5) is 39.2. The number of nitrogens with zero attached hydrogens (tertiary/aromatic N) is 7. The molecule has 11 nitrogen and oxygen atoms in total. The number of hydrogen-bond donors (Lipinski definition) is 0. The Morgan fingerprint density at radius 2 is 1.91 bits per heavy atom. The van der Waals surface area contributed by atoms with Crippen molar-refractivity contribution < 1.29 is 19.1 Å². The van der Waals surface area contributed by atoms with Crippen LogP contribution in [-0.2, 0) is 21.0 Å². The molecule has 0 saturated carbocycles. The van der Waals surface area contributed by atoms with E-state index in [1.165, 1.54) is 11.3 Å². The van der Waals surface area contributed by atoms with Crippen LogP contribution in [0, 0.1) is 6.92 Å². The Bertz CT molecular complexity index is 1740. The smallest absolute Gasteiger partial charge is 0.358 e. The number of thiazole rings is 2. The summed E-state index contributed by atoms with van der Waals surface area (Å²) in [5.41, 5.74) is 2.22. The number of hydrogen-bond acceptors (Lipinski definition) is 11. The molecule has 0 radical (unpaired) electrons. The lowest BCUT2D eigenvalue weighted by Gasteiger charge is -2.38. The minimum Gasteiger partial charge on any atom is -0.461 e. The Kier molecular flexibility index (Phi) is 9.63. The molecule has 14 heteroatoms. The summed E-state index contributed by atoms with van der Waals surface area (Å²) in [5, 5.41) is 9.57. The normalized spacial score (nSPS) is 14.2. The second-order valence-corrected chi connectivity index (χ2v) is 19.7. The van der Waals surface area contributed by atoms with Crippen LogP contribution in [0.3, 0.4) is 0 Å². The zero-order valence-corrected chi connectivity index (χ0v) is 28.9. The number of likely N-dealkylation sites (tertiary alicyclic amines) is 1. The molecule has 1 saturated heterocycles. The third kappa shape index (κ3) is 7.09. The van der Waals surface area contributed by atoms with E-state index in [9.17, 15) is 9.59 Å². The first kappa shape index (κ1) is 31.9. The predicted octanol–water partition coefficient (Wildman–Crippen LogP) is 5.69. The molecule has 0 bridgehead atoms. The quantitative estimate of drug-likeness (QED) is 0.115. The van der Waals surface area contributed by atoms with Crippen LogP contribution in [-0.4, -0.2) is 77.9 Å². The molecule has 0 spiro atoms. The van der Waals surface area contributed by atoms with Crippen molar-refractivity contribution in [2.75, 3.05) is 38.3 Å². The van der Waals surface area contributed by atoms with Gasteiger partial charge in [0, 0.05) is 52.5 Å². The lowest BCUT2D eigenvalue weighted by atomic mass is 9.97. The van der Waals surface area contributed by atoms with Crippen LogP contribution in [0.1, 0.15) is 40.7 Å². The van der Waals surface area contributed by atoms with Gasteiger partial charge in [0.25, 0.3) is 0 Å². The Balaban J connectivity index is 1.41. The van der Waals surface area contributed by atoms with Gasteiger partial charge in [-0.05, 0) is 43.7 Å². The molecule has 0 aliphatic carbocycles. The zero-order chi connectivity index (χ0) is 31.6. The predicted molar refractivity (Wildman–Crippen MR) is 177 cm³/mol. The summed E-state index contributed by atoms with van der Waals surface area (Å²) in [5.74, 6) is 0.704. The van der Waals surface area contributed by atoms with Crippen molar-refractivity contribution in [3.63, 3.8) is 0 Å². The average molecular weight is 654 g/mol. The summed E-state index contributed by atoms with van der Waals surface area (Å²) < 4.78 is 14.6. The van der Waals surface area contributed by atoms with Crippen LogP contribution in [0.4, 0.5) is 16.8 Å². The lowest BCUT2D eigenvalue weighted by Crippen LogP contribution is -2.47. The van der Waals surface area contributed by atoms with E-state index in [1.54, 1.807) is 30.1 Å². The number of rotatable bonds is 11. The third-order valence-electron chi connectivity index (χ3n) is 7.39. The maximum atomic E-state index is 12.8. The number of para-hydroxylation sites is 1. The fourth-order valence-corrected chi connectivity index (χ4v) is 7.56. The number of fused-ring (bicyclic) bond motifs is 1. The first-order valence-electron chi connectivity index (χ1n) is 14.7. The van der Waals surface area contributed by atoms with E-state index >= 15 is 0 Å². The number of carbonyl (C=O) groups is 2. The molecule has 3 aromatic heterocycles. The van der Waals surface area contributed by atoms with E-state index < -0.39 is 14.0 Å². The molecule has 1 aromatic carbocycles. The van der Waals surface area contributed by atoms with E-state index in [2.05, 4.69) is 51.5 Å². The van der Waals surface area contributed by atoms with Gasteiger partial charge in [0.15, 0.2) is 27.3 Å². The maximum absolute atomic E-state index is 12.8. The summed E-state index contributed by atoms with van der Waals surface area (Å²) >= 11 is 3.01. The highest BCUT2D eigenvalue weighted by Crippen LogP contribution is 2.39. The Hall–Kier alpha value is -3.46. The van der Waals surface area contributed by atoms with Crippen LogP contribution in [0.15, 0.2) is 35.3 Å². The molecule has 0 N–H and O–H groups in total. The van der Waals surface area contributed by atoms with Crippen molar-refractivity contribution in [1.82, 2.24) is 24.6 Å². The standard InChI is InChI=1S/C30H39N7O4S2Si/c1-8-41-28(39)25-26(21-16-36(17-21)20(3)38)43-29(31-25)35(4)24-15-19(2)27(34-33-24)32-30-37(18-40-13-14-44(5,6)7)22-11-9-10-12-23(22)42-30/h9-12,15,21H,8,13-14,16-18H2,1-7H3. The second kappa shape index (κ2) is 13.3. The highest BCUT2D eigenvalue weighted by atomic mass is 32.1. The number of carbonyl (C=O) groups excluding carboxylic acids is 2. The maximum Gasteiger partial charge on any atom is 0.358 e. The molecule has 0 unspecified atom stereocenters. The van der Waals surface area contributed by atoms with E-state index in [0.29, 0.717) is 42.3 Å². The third-order valence-corrected chi connectivity index (χ3v) is 11.4. The molecule has 1 fully saturated rings. The fraction of sp³-hybridized carbons (Fsp3) is 0.467.